The number of benzene rings is 1. The number of pyridine rings is 1. The van der Waals surface area contributed by atoms with Crippen LogP contribution in [0.1, 0.15) is 22.8 Å². The predicted molar refractivity (Wildman–Crippen MR) is 91.6 cm³/mol. The Bertz CT molecular complexity index is 749. The van der Waals surface area contributed by atoms with Gasteiger partial charge in [0.2, 0.25) is 0 Å². The van der Waals surface area contributed by atoms with E-state index >= 15 is 0 Å². The lowest BCUT2D eigenvalue weighted by Crippen LogP contribution is -2.23. The number of nitrogens with zero attached hydrogens (tertiary/aromatic N) is 1. The van der Waals surface area contributed by atoms with Crippen molar-refractivity contribution >= 4 is 28.9 Å². The summed E-state index contributed by atoms with van der Waals surface area (Å²) in [5.41, 5.74) is 3.09. The Morgan fingerprint density at radius 1 is 1.43 bits per heavy atom. The predicted octanol–water partition coefficient (Wildman–Crippen LogP) is 3.60. The van der Waals surface area contributed by atoms with E-state index in [9.17, 15) is 4.79 Å². The van der Waals surface area contributed by atoms with Gasteiger partial charge in [-0.05, 0) is 30.0 Å². The molecule has 0 aliphatic carbocycles. The number of hydrogen-bond acceptors (Lipinski definition) is 4. The number of rotatable bonds is 3. The zero-order chi connectivity index (χ0) is 16.4. The van der Waals surface area contributed by atoms with E-state index in [1.807, 2.05) is 12.1 Å². The van der Waals surface area contributed by atoms with E-state index in [1.165, 1.54) is 13.3 Å². The van der Waals surface area contributed by atoms with Gasteiger partial charge in [0.15, 0.2) is 0 Å². The minimum absolute atomic E-state index is 0.278. The smallest absolute Gasteiger partial charge is 0.259 e. The number of nitrogens with one attached hydrogen (secondary N) is 2. The average molecular weight is 332 g/mol. The van der Waals surface area contributed by atoms with Crippen LogP contribution in [0, 0.1) is 5.92 Å². The fraction of sp³-hybridized carbons (Fsp3) is 0.294. The Kier molecular flexibility index (Phi) is 4.39. The molecule has 1 aromatic carbocycles. The highest BCUT2D eigenvalue weighted by molar-refractivity contribution is 6.35. The summed E-state index contributed by atoms with van der Waals surface area (Å²) in [4.78, 5) is 16.5. The molecule has 0 spiro atoms. The van der Waals surface area contributed by atoms with Crippen molar-refractivity contribution in [1.82, 2.24) is 4.98 Å². The molecule has 2 aromatic rings. The van der Waals surface area contributed by atoms with Crippen molar-refractivity contribution in [3.05, 3.63) is 46.7 Å². The monoisotopic (exact) mass is 331 g/mol. The normalized spacial score (nSPS) is 16.2. The first-order valence-corrected chi connectivity index (χ1v) is 7.82. The molecule has 0 radical (unpaired) electrons. The van der Waals surface area contributed by atoms with Gasteiger partial charge in [-0.15, -0.1) is 0 Å². The number of halogens is 1. The Balaban J connectivity index is 1.94. The van der Waals surface area contributed by atoms with Crippen LogP contribution in [-0.4, -0.2) is 24.5 Å². The van der Waals surface area contributed by atoms with E-state index < -0.39 is 0 Å². The number of hydrogen-bond donors (Lipinski definition) is 2. The number of ether oxygens (including phenoxy) is 1. The van der Waals surface area contributed by atoms with Crippen LogP contribution < -0.4 is 15.4 Å². The minimum atomic E-state index is -0.278. The van der Waals surface area contributed by atoms with Gasteiger partial charge in [0, 0.05) is 12.7 Å². The Morgan fingerprint density at radius 2 is 2.26 bits per heavy atom. The van der Waals surface area contributed by atoms with Crippen molar-refractivity contribution in [2.45, 2.75) is 13.3 Å². The third kappa shape index (κ3) is 3.10. The molecule has 2 N–H and O–H groups in total. The Hall–Kier alpha value is -2.27. The molecule has 1 aliphatic heterocycles. The maximum atomic E-state index is 12.6. The number of aromatic nitrogens is 1. The van der Waals surface area contributed by atoms with E-state index in [1.54, 1.807) is 12.3 Å². The summed E-state index contributed by atoms with van der Waals surface area (Å²) in [6, 6.07) is 5.44. The van der Waals surface area contributed by atoms with Crippen LogP contribution in [0.25, 0.3) is 0 Å². The van der Waals surface area contributed by atoms with Gasteiger partial charge in [-0.25, -0.2) is 0 Å². The van der Waals surface area contributed by atoms with Crippen LogP contribution in [-0.2, 0) is 6.42 Å². The summed E-state index contributed by atoms with van der Waals surface area (Å²) in [7, 11) is 1.51. The molecule has 120 valence electrons. The number of methoxy groups -OCH3 is 1. The number of carbonyl (C=O) groups is 1. The fourth-order valence-electron chi connectivity index (χ4n) is 2.75. The summed E-state index contributed by atoms with van der Waals surface area (Å²) in [6.45, 7) is 3.04. The molecular weight excluding hydrogens is 314 g/mol. The molecule has 6 heteroatoms. The van der Waals surface area contributed by atoms with E-state index in [0.29, 0.717) is 27.9 Å². The lowest BCUT2D eigenvalue weighted by molar-refractivity contribution is 0.102. The fourth-order valence-corrected chi connectivity index (χ4v) is 2.95. The average Bonchev–Trinajstić information content (AvgIpc) is 2.57. The molecule has 0 fully saturated rings. The van der Waals surface area contributed by atoms with E-state index in [-0.39, 0.29) is 5.91 Å². The molecule has 1 amide bonds. The summed E-state index contributed by atoms with van der Waals surface area (Å²) in [5, 5.41) is 6.77. The van der Waals surface area contributed by atoms with Crippen molar-refractivity contribution in [3.8, 4) is 5.75 Å². The Labute approximate surface area is 140 Å². The lowest BCUT2D eigenvalue weighted by atomic mass is 9.94. The standard InChI is InChI=1S/C17H18ClN3O2/c1-10-7-11-3-4-13(18)16(15(11)20-8-10)21-17(22)12-5-6-19-9-14(12)23-2/h3-6,9-10,20H,7-8H2,1-2H3,(H,21,22). The molecule has 1 unspecified atom stereocenters. The van der Waals surface area contributed by atoms with E-state index in [2.05, 4.69) is 22.5 Å². The summed E-state index contributed by atoms with van der Waals surface area (Å²) < 4.78 is 5.19. The van der Waals surface area contributed by atoms with Crippen molar-refractivity contribution < 1.29 is 9.53 Å². The third-order valence-electron chi connectivity index (χ3n) is 3.92. The first kappa shape index (κ1) is 15.6. The van der Waals surface area contributed by atoms with Gasteiger partial charge in [0.25, 0.3) is 5.91 Å². The van der Waals surface area contributed by atoms with Gasteiger partial charge in [-0.2, -0.15) is 0 Å². The second-order valence-electron chi connectivity index (χ2n) is 5.68. The SMILES string of the molecule is COc1cnccc1C(=O)Nc1c(Cl)ccc2c1NCC(C)C2. The lowest BCUT2D eigenvalue weighted by Gasteiger charge is -2.26. The van der Waals surface area contributed by atoms with Gasteiger partial charge in [-0.1, -0.05) is 24.6 Å². The summed E-state index contributed by atoms with van der Waals surface area (Å²) >= 11 is 6.30. The molecule has 0 saturated carbocycles. The molecule has 1 aromatic heterocycles. The van der Waals surface area contributed by atoms with Gasteiger partial charge in [0.05, 0.1) is 35.3 Å². The van der Waals surface area contributed by atoms with Crippen LogP contribution in [0.5, 0.6) is 5.75 Å². The van der Waals surface area contributed by atoms with Gasteiger partial charge >= 0.3 is 0 Å². The van der Waals surface area contributed by atoms with Crippen molar-refractivity contribution in [2.75, 3.05) is 24.3 Å². The van der Waals surface area contributed by atoms with Gasteiger partial charge in [0.1, 0.15) is 5.75 Å². The highest BCUT2D eigenvalue weighted by Crippen LogP contribution is 2.37. The van der Waals surface area contributed by atoms with Crippen LogP contribution in [0.4, 0.5) is 11.4 Å². The Morgan fingerprint density at radius 3 is 3.04 bits per heavy atom. The first-order chi connectivity index (χ1) is 11.1. The summed E-state index contributed by atoms with van der Waals surface area (Å²) in [5.74, 6) is 0.694. The van der Waals surface area contributed by atoms with Crippen LogP contribution in [0.15, 0.2) is 30.6 Å². The number of carbonyl (C=O) groups excluding carboxylic acids is 1. The third-order valence-corrected chi connectivity index (χ3v) is 4.24. The van der Waals surface area contributed by atoms with Crippen molar-refractivity contribution in [1.29, 1.82) is 0 Å². The largest absolute Gasteiger partial charge is 0.494 e. The zero-order valence-corrected chi connectivity index (χ0v) is 13.8. The van der Waals surface area contributed by atoms with Crippen LogP contribution in [0.2, 0.25) is 5.02 Å². The minimum Gasteiger partial charge on any atom is -0.494 e. The van der Waals surface area contributed by atoms with Crippen LogP contribution >= 0.6 is 11.6 Å². The molecule has 5 nitrogen and oxygen atoms in total. The topological polar surface area (TPSA) is 63.2 Å². The molecular formula is C17H18ClN3O2. The zero-order valence-electron chi connectivity index (χ0n) is 13.0. The van der Waals surface area contributed by atoms with Crippen LogP contribution in [0.3, 0.4) is 0 Å². The van der Waals surface area contributed by atoms with Crippen molar-refractivity contribution in [2.24, 2.45) is 5.92 Å². The highest BCUT2D eigenvalue weighted by Gasteiger charge is 2.22. The van der Waals surface area contributed by atoms with E-state index in [0.717, 1.165) is 24.2 Å². The highest BCUT2D eigenvalue weighted by atomic mass is 35.5. The number of fused-ring (bicyclic) bond motifs is 1. The molecule has 2 heterocycles. The summed E-state index contributed by atoms with van der Waals surface area (Å²) in [6.07, 6.45) is 4.03. The molecule has 0 saturated heterocycles. The quantitative estimate of drug-likeness (QED) is 0.902. The maximum absolute atomic E-state index is 12.6. The second-order valence-corrected chi connectivity index (χ2v) is 6.08. The van der Waals surface area contributed by atoms with Crippen molar-refractivity contribution in [3.63, 3.8) is 0 Å². The van der Waals surface area contributed by atoms with E-state index in [4.69, 9.17) is 16.3 Å². The number of amides is 1. The number of anilines is 2. The first-order valence-electron chi connectivity index (χ1n) is 7.44. The molecule has 3 rings (SSSR count). The van der Waals surface area contributed by atoms with Gasteiger partial charge in [-0.3, -0.25) is 9.78 Å². The molecule has 23 heavy (non-hydrogen) atoms. The molecule has 1 atom stereocenters. The second kappa shape index (κ2) is 6.46. The molecule has 0 bridgehead atoms. The van der Waals surface area contributed by atoms with Gasteiger partial charge < -0.3 is 15.4 Å². The molecule has 1 aliphatic rings. The maximum Gasteiger partial charge on any atom is 0.259 e.